The summed E-state index contributed by atoms with van der Waals surface area (Å²) in [6, 6.07) is -0.716. The van der Waals surface area contributed by atoms with Gasteiger partial charge in [0.2, 0.25) is 5.91 Å². The van der Waals surface area contributed by atoms with E-state index in [0.29, 0.717) is 19.3 Å². The first kappa shape index (κ1) is 58.6. The lowest BCUT2D eigenvalue weighted by Crippen LogP contribution is -2.46. The van der Waals surface area contributed by atoms with Crippen molar-refractivity contribution in [3.63, 3.8) is 0 Å². The van der Waals surface area contributed by atoms with Gasteiger partial charge in [0.1, 0.15) is 6.10 Å². The number of rotatable bonds is 46. The molecule has 0 aromatic carbocycles. The van der Waals surface area contributed by atoms with Crippen LogP contribution in [0.4, 0.5) is 0 Å². The molecule has 0 rings (SSSR count). The van der Waals surface area contributed by atoms with Crippen LogP contribution in [0.25, 0.3) is 0 Å². The lowest BCUT2D eigenvalue weighted by atomic mass is 10.0. The molecule has 3 N–H and O–H groups in total. The van der Waals surface area contributed by atoms with Gasteiger partial charge >= 0.3 is 5.97 Å². The number of amides is 1. The van der Waals surface area contributed by atoms with Gasteiger partial charge in [0.25, 0.3) is 0 Å². The van der Waals surface area contributed by atoms with Crippen molar-refractivity contribution in [1.29, 1.82) is 0 Å². The average molecular weight is 854 g/mol. The van der Waals surface area contributed by atoms with Crippen molar-refractivity contribution in [2.75, 3.05) is 6.61 Å². The van der Waals surface area contributed by atoms with Crippen molar-refractivity contribution in [2.24, 2.45) is 0 Å². The fourth-order valence-corrected chi connectivity index (χ4v) is 7.72. The van der Waals surface area contributed by atoms with Gasteiger partial charge in [-0.1, -0.05) is 229 Å². The third-order valence-electron chi connectivity index (χ3n) is 11.7. The minimum atomic E-state index is -0.800. The van der Waals surface area contributed by atoms with E-state index in [2.05, 4.69) is 74.7 Å². The van der Waals surface area contributed by atoms with Crippen molar-refractivity contribution in [3.8, 4) is 0 Å². The zero-order valence-corrected chi connectivity index (χ0v) is 40.3. The highest BCUT2D eigenvalue weighted by atomic mass is 16.5. The van der Waals surface area contributed by atoms with Gasteiger partial charge in [-0.25, -0.2) is 0 Å². The molecule has 3 unspecified atom stereocenters. The number of ether oxygens (including phenoxy) is 1. The first-order valence-corrected chi connectivity index (χ1v) is 26.1. The van der Waals surface area contributed by atoms with Gasteiger partial charge in [-0.3, -0.25) is 9.59 Å². The molecule has 0 aromatic rings. The molecule has 0 saturated carbocycles. The second kappa shape index (κ2) is 48.6. The molecule has 0 fully saturated rings. The van der Waals surface area contributed by atoms with Crippen LogP contribution in [0.1, 0.15) is 252 Å². The van der Waals surface area contributed by atoms with Crippen LogP contribution in [-0.4, -0.2) is 46.9 Å². The molecule has 1 amide bonds. The summed E-state index contributed by atoms with van der Waals surface area (Å²) in [6.07, 6.45) is 60.0. The van der Waals surface area contributed by atoms with Crippen LogP contribution in [0, 0.1) is 0 Å². The Kier molecular flexibility index (Phi) is 46.6. The van der Waals surface area contributed by atoms with Gasteiger partial charge in [0.15, 0.2) is 0 Å². The number of nitrogens with one attached hydrogen (secondary N) is 1. The largest absolute Gasteiger partial charge is 0.462 e. The molecular formula is C55H99NO5. The Labute approximate surface area is 378 Å². The molecule has 0 saturated heterocycles. The molecule has 0 spiro atoms. The van der Waals surface area contributed by atoms with Crippen molar-refractivity contribution >= 4 is 11.9 Å². The molecule has 0 radical (unpaired) electrons. The summed E-state index contributed by atoms with van der Waals surface area (Å²) < 4.78 is 5.90. The van der Waals surface area contributed by atoms with Crippen LogP contribution < -0.4 is 5.32 Å². The monoisotopic (exact) mass is 854 g/mol. The molecule has 3 atom stereocenters. The first-order valence-electron chi connectivity index (χ1n) is 26.1. The highest BCUT2D eigenvalue weighted by Gasteiger charge is 2.24. The highest BCUT2D eigenvalue weighted by Crippen LogP contribution is 2.18. The summed E-state index contributed by atoms with van der Waals surface area (Å²) in [4.78, 5) is 26.1. The van der Waals surface area contributed by atoms with E-state index in [1.807, 2.05) is 12.2 Å². The summed E-state index contributed by atoms with van der Waals surface area (Å²) in [7, 11) is 0. The molecule has 354 valence electrons. The Balaban J connectivity index is 4.54. The summed E-state index contributed by atoms with van der Waals surface area (Å²) in [6.45, 7) is 6.31. The lowest BCUT2D eigenvalue weighted by Gasteiger charge is -2.24. The second-order valence-corrected chi connectivity index (χ2v) is 17.6. The normalized spacial score (nSPS) is 13.7. The molecule has 6 heteroatoms. The summed E-state index contributed by atoms with van der Waals surface area (Å²) in [5, 5.41) is 23.8. The molecule has 0 aliphatic rings. The van der Waals surface area contributed by atoms with Gasteiger partial charge in [-0.05, 0) is 70.6 Å². The van der Waals surface area contributed by atoms with Crippen molar-refractivity contribution in [3.05, 3.63) is 60.8 Å². The molecule has 0 bridgehead atoms. The molecule has 0 aromatic heterocycles. The van der Waals surface area contributed by atoms with E-state index in [0.717, 1.165) is 77.0 Å². The number of aliphatic hydroxyl groups is 2. The first-order chi connectivity index (χ1) is 30.0. The van der Waals surface area contributed by atoms with Gasteiger partial charge in [0, 0.05) is 6.42 Å². The number of aliphatic hydroxyl groups excluding tert-OH is 2. The number of hydrogen-bond acceptors (Lipinski definition) is 5. The van der Waals surface area contributed by atoms with Crippen LogP contribution in [0.5, 0.6) is 0 Å². The van der Waals surface area contributed by atoms with E-state index in [1.165, 1.54) is 128 Å². The number of esters is 1. The van der Waals surface area contributed by atoms with Crippen molar-refractivity contribution in [2.45, 2.75) is 270 Å². The quantitative estimate of drug-likeness (QED) is 0.0322. The number of carbonyl (C=O) groups excluding carboxylic acids is 2. The fourth-order valence-electron chi connectivity index (χ4n) is 7.72. The summed E-state index contributed by atoms with van der Waals surface area (Å²) in [5.74, 6) is -0.521. The van der Waals surface area contributed by atoms with Gasteiger partial charge in [-0.2, -0.15) is 0 Å². The minimum Gasteiger partial charge on any atom is -0.462 e. The third-order valence-corrected chi connectivity index (χ3v) is 11.7. The average Bonchev–Trinajstić information content (AvgIpc) is 3.25. The summed E-state index contributed by atoms with van der Waals surface area (Å²) >= 11 is 0. The van der Waals surface area contributed by atoms with Gasteiger partial charge < -0.3 is 20.3 Å². The van der Waals surface area contributed by atoms with E-state index in [1.54, 1.807) is 0 Å². The molecule has 0 aliphatic heterocycles. The molecule has 0 heterocycles. The van der Waals surface area contributed by atoms with Crippen LogP contribution >= 0.6 is 0 Å². The number of allylic oxidation sites excluding steroid dienone is 10. The topological polar surface area (TPSA) is 95.9 Å². The zero-order chi connectivity index (χ0) is 44.5. The Morgan fingerprint density at radius 1 is 0.492 bits per heavy atom. The number of carbonyl (C=O) groups is 2. The van der Waals surface area contributed by atoms with Gasteiger partial charge in [-0.15, -0.1) is 0 Å². The Hall–Kier alpha value is -2.44. The number of hydrogen-bond donors (Lipinski definition) is 3. The zero-order valence-electron chi connectivity index (χ0n) is 40.3. The maximum atomic E-state index is 13.2. The predicted molar refractivity (Wildman–Crippen MR) is 264 cm³/mol. The van der Waals surface area contributed by atoms with Gasteiger partial charge in [0.05, 0.1) is 25.2 Å². The molecular weight excluding hydrogens is 755 g/mol. The Morgan fingerprint density at radius 3 is 1.39 bits per heavy atom. The lowest BCUT2D eigenvalue weighted by molar-refractivity contribution is -0.151. The van der Waals surface area contributed by atoms with Crippen molar-refractivity contribution in [1.82, 2.24) is 5.32 Å². The second-order valence-electron chi connectivity index (χ2n) is 17.6. The van der Waals surface area contributed by atoms with Crippen LogP contribution in [0.3, 0.4) is 0 Å². The van der Waals surface area contributed by atoms with E-state index in [4.69, 9.17) is 4.74 Å². The summed E-state index contributed by atoms with van der Waals surface area (Å²) in [5.41, 5.74) is 0. The maximum Gasteiger partial charge on any atom is 0.306 e. The highest BCUT2D eigenvalue weighted by molar-refractivity contribution is 5.77. The van der Waals surface area contributed by atoms with E-state index < -0.39 is 18.2 Å². The standard InChI is InChI=1S/C55H99NO5/c1-4-7-10-13-16-19-22-24-26-28-29-32-35-38-41-44-47-53(58)52(50-57)56-54(59)49-51(46-43-40-37-34-31-21-18-15-12-9-6-3)61-55(60)48-45-42-39-36-33-30-27-25-23-20-17-14-11-8-5-2/h9,12,15,17-18,20-21,23,25,31,51-53,57-58H,4-8,10-11,13-14,16,19,22,24,26-30,32-50H2,1-3H3,(H,56,59)/b12-9+,18-15+,20-17+,25-23+,31-21-. The Bertz CT molecular complexity index is 1090. The van der Waals surface area contributed by atoms with Crippen molar-refractivity contribution < 1.29 is 24.5 Å². The van der Waals surface area contributed by atoms with E-state index in [9.17, 15) is 19.8 Å². The SMILES string of the molecule is CC/C=C/C=C/C=C\CCCCCC(CC(=O)NC(CO)C(O)CCCCCCCCCCCCCCCCCC)OC(=O)CCCCCCCC/C=C/C=C/CCCCC. The molecule has 61 heavy (non-hydrogen) atoms. The van der Waals surface area contributed by atoms with Crippen LogP contribution in [0.2, 0.25) is 0 Å². The smallest absolute Gasteiger partial charge is 0.306 e. The third kappa shape index (κ3) is 44.0. The van der Waals surface area contributed by atoms with E-state index in [-0.39, 0.29) is 24.9 Å². The molecule has 6 nitrogen and oxygen atoms in total. The predicted octanol–water partition coefficient (Wildman–Crippen LogP) is 15.6. The fraction of sp³-hybridized carbons (Fsp3) is 0.782. The van der Waals surface area contributed by atoms with Crippen LogP contribution in [-0.2, 0) is 14.3 Å². The maximum absolute atomic E-state index is 13.2. The van der Waals surface area contributed by atoms with E-state index >= 15 is 0 Å². The minimum absolute atomic E-state index is 0.0487. The molecule has 0 aliphatic carbocycles. The Morgan fingerprint density at radius 2 is 0.885 bits per heavy atom. The number of unbranched alkanes of at least 4 members (excludes halogenated alkanes) is 27. The van der Waals surface area contributed by atoms with Crippen LogP contribution in [0.15, 0.2) is 60.8 Å².